The van der Waals surface area contributed by atoms with E-state index < -0.39 is 28.8 Å². The fourth-order valence-corrected chi connectivity index (χ4v) is 2.06. The first-order valence-corrected chi connectivity index (χ1v) is 3.69. The molecule has 0 aromatic rings. The van der Waals surface area contributed by atoms with Gasteiger partial charge < -0.3 is 15.9 Å². The van der Waals surface area contributed by atoms with Gasteiger partial charge in [-0.2, -0.15) is 0 Å². The van der Waals surface area contributed by atoms with E-state index in [1.54, 1.807) is 0 Å². The number of hydrogen-bond acceptors (Lipinski definition) is 3. The van der Waals surface area contributed by atoms with Crippen LogP contribution in [-0.4, -0.2) is 27.7 Å². The topological polar surface area (TPSA) is 101 Å². The number of nitrogens with two attached hydrogens (primary N) is 1. The van der Waals surface area contributed by atoms with Gasteiger partial charge in [0.2, 0.25) is 0 Å². The summed E-state index contributed by atoms with van der Waals surface area (Å²) in [7, 11) is 0. The highest BCUT2D eigenvalue weighted by Gasteiger charge is 2.84. The van der Waals surface area contributed by atoms with Crippen molar-refractivity contribution in [1.82, 2.24) is 0 Å². The predicted molar refractivity (Wildman–Crippen MR) is 37.3 cm³/mol. The molecule has 5 heteroatoms. The lowest BCUT2D eigenvalue weighted by Crippen LogP contribution is -2.36. The Kier molecular flexibility index (Phi) is 1.03. The summed E-state index contributed by atoms with van der Waals surface area (Å²) in [6, 6.07) is 0. The molecule has 5 nitrogen and oxygen atoms in total. The molecular formula is C7H9NO4. The van der Waals surface area contributed by atoms with Gasteiger partial charge in [0.25, 0.3) is 0 Å². The van der Waals surface area contributed by atoms with E-state index in [0.717, 1.165) is 0 Å². The largest absolute Gasteiger partial charge is 0.481 e. The number of carboxylic acids is 2. The highest BCUT2D eigenvalue weighted by atomic mass is 16.4. The predicted octanol–water partition coefficient (Wildman–Crippen LogP) is -0.737. The monoisotopic (exact) mass is 171 g/mol. The molecule has 12 heavy (non-hydrogen) atoms. The van der Waals surface area contributed by atoms with Crippen LogP contribution in [0.15, 0.2) is 0 Å². The molecule has 3 atom stereocenters. The van der Waals surface area contributed by atoms with Crippen LogP contribution in [0.1, 0.15) is 12.8 Å². The van der Waals surface area contributed by atoms with Crippen molar-refractivity contribution in [2.75, 3.05) is 0 Å². The zero-order valence-electron chi connectivity index (χ0n) is 6.28. The van der Waals surface area contributed by atoms with Crippen LogP contribution in [0.5, 0.6) is 0 Å². The number of aliphatic carboxylic acids is 2. The molecule has 0 amide bonds. The quantitative estimate of drug-likeness (QED) is 0.508. The van der Waals surface area contributed by atoms with Crippen molar-refractivity contribution in [2.24, 2.45) is 17.1 Å². The second-order valence-electron chi connectivity index (χ2n) is 3.70. The smallest absolute Gasteiger partial charge is 0.324 e. The summed E-state index contributed by atoms with van der Waals surface area (Å²) in [5.41, 5.74) is 3.63. The van der Waals surface area contributed by atoms with Crippen LogP contribution in [-0.2, 0) is 9.59 Å². The minimum absolute atomic E-state index is 0.312. The van der Waals surface area contributed by atoms with Gasteiger partial charge in [0, 0.05) is 5.41 Å². The lowest BCUT2D eigenvalue weighted by molar-refractivity contribution is -0.140. The standard InChI is InChI=1S/C7H9NO4/c8-7(5(11)12)2-6(7)1-3(6)4(9)10/h3H,1-2,8H2,(H,9,10)(H,11,12)/t3-,6-,7-/m0/s1. The van der Waals surface area contributed by atoms with E-state index in [1.807, 2.05) is 0 Å². The van der Waals surface area contributed by atoms with Gasteiger partial charge in [0.1, 0.15) is 5.54 Å². The first-order chi connectivity index (χ1) is 5.44. The maximum absolute atomic E-state index is 10.6. The Labute approximate surface area is 68.2 Å². The summed E-state index contributed by atoms with van der Waals surface area (Å²) in [4.78, 5) is 21.1. The van der Waals surface area contributed by atoms with Gasteiger partial charge in [0.05, 0.1) is 5.92 Å². The summed E-state index contributed by atoms with van der Waals surface area (Å²) in [6.45, 7) is 0. The molecule has 2 rings (SSSR count). The third-order valence-electron chi connectivity index (χ3n) is 3.11. The summed E-state index contributed by atoms with van der Waals surface area (Å²) in [5, 5.41) is 17.3. The fourth-order valence-electron chi connectivity index (χ4n) is 2.06. The summed E-state index contributed by atoms with van der Waals surface area (Å²) in [6.07, 6.45) is 0.734. The highest BCUT2D eigenvalue weighted by molar-refractivity contribution is 5.90. The Morgan fingerprint density at radius 2 is 2.00 bits per heavy atom. The molecule has 1 spiro atoms. The Morgan fingerprint density at radius 1 is 1.42 bits per heavy atom. The highest BCUT2D eigenvalue weighted by Crippen LogP contribution is 2.75. The van der Waals surface area contributed by atoms with Gasteiger partial charge in [-0.05, 0) is 12.8 Å². The SMILES string of the molecule is N[C@]1(C(=O)O)C[C@]12C[C@H]2C(=O)O. The first-order valence-electron chi connectivity index (χ1n) is 3.69. The van der Waals surface area contributed by atoms with E-state index in [4.69, 9.17) is 15.9 Å². The van der Waals surface area contributed by atoms with E-state index >= 15 is 0 Å². The van der Waals surface area contributed by atoms with E-state index in [-0.39, 0.29) is 0 Å². The molecule has 0 unspecified atom stereocenters. The molecule has 0 saturated heterocycles. The molecule has 4 N–H and O–H groups in total. The third kappa shape index (κ3) is 0.582. The lowest BCUT2D eigenvalue weighted by atomic mass is 10.1. The zero-order chi connectivity index (χ0) is 9.15. The van der Waals surface area contributed by atoms with Crippen LogP contribution in [0.2, 0.25) is 0 Å². The van der Waals surface area contributed by atoms with Crippen LogP contribution in [0.25, 0.3) is 0 Å². The van der Waals surface area contributed by atoms with Crippen LogP contribution in [0.3, 0.4) is 0 Å². The fraction of sp³-hybridized carbons (Fsp3) is 0.714. The number of carbonyl (C=O) groups is 2. The Bertz CT molecular complexity index is 289. The van der Waals surface area contributed by atoms with Gasteiger partial charge >= 0.3 is 11.9 Å². The van der Waals surface area contributed by atoms with E-state index in [9.17, 15) is 9.59 Å². The van der Waals surface area contributed by atoms with Gasteiger partial charge in [-0.3, -0.25) is 9.59 Å². The van der Waals surface area contributed by atoms with Crippen molar-refractivity contribution < 1.29 is 19.8 Å². The van der Waals surface area contributed by atoms with Crippen molar-refractivity contribution in [2.45, 2.75) is 18.4 Å². The van der Waals surface area contributed by atoms with Gasteiger partial charge in [-0.15, -0.1) is 0 Å². The Balaban J connectivity index is 2.15. The summed E-state index contributed by atoms with van der Waals surface area (Å²) >= 11 is 0. The minimum atomic E-state index is -1.25. The maximum Gasteiger partial charge on any atom is 0.324 e. The molecular weight excluding hydrogens is 162 g/mol. The average molecular weight is 171 g/mol. The maximum atomic E-state index is 10.6. The van der Waals surface area contributed by atoms with Crippen LogP contribution < -0.4 is 5.73 Å². The third-order valence-corrected chi connectivity index (χ3v) is 3.11. The van der Waals surface area contributed by atoms with Crippen molar-refractivity contribution >= 4 is 11.9 Å². The second-order valence-corrected chi connectivity index (χ2v) is 3.70. The molecule has 2 fully saturated rings. The first kappa shape index (κ1) is 7.54. The Hall–Kier alpha value is -1.10. The molecule has 66 valence electrons. The van der Waals surface area contributed by atoms with Crippen molar-refractivity contribution in [3.05, 3.63) is 0 Å². The molecule has 0 aromatic heterocycles. The average Bonchev–Trinajstić information content (AvgIpc) is 2.75. The van der Waals surface area contributed by atoms with Gasteiger partial charge in [0.15, 0.2) is 0 Å². The summed E-state index contributed by atoms with van der Waals surface area (Å²) in [5.74, 6) is -2.53. The Morgan fingerprint density at radius 3 is 2.25 bits per heavy atom. The van der Waals surface area contributed by atoms with E-state index in [0.29, 0.717) is 12.8 Å². The normalized spacial score (nSPS) is 48.9. The summed E-state index contributed by atoms with van der Waals surface area (Å²) < 4.78 is 0. The molecule has 2 aliphatic rings. The number of rotatable bonds is 2. The lowest BCUT2D eigenvalue weighted by Gasteiger charge is -2.01. The number of carboxylic acid groups (broad SMARTS) is 2. The molecule has 0 radical (unpaired) electrons. The van der Waals surface area contributed by atoms with Crippen LogP contribution in [0, 0.1) is 11.3 Å². The van der Waals surface area contributed by atoms with Crippen molar-refractivity contribution in [3.63, 3.8) is 0 Å². The molecule has 0 aliphatic heterocycles. The van der Waals surface area contributed by atoms with E-state index in [1.165, 1.54) is 0 Å². The van der Waals surface area contributed by atoms with Crippen molar-refractivity contribution in [1.29, 1.82) is 0 Å². The second kappa shape index (κ2) is 1.64. The van der Waals surface area contributed by atoms with Crippen LogP contribution in [0.4, 0.5) is 0 Å². The van der Waals surface area contributed by atoms with E-state index in [2.05, 4.69) is 0 Å². The molecule has 0 aromatic carbocycles. The molecule has 0 bridgehead atoms. The van der Waals surface area contributed by atoms with Crippen LogP contribution >= 0.6 is 0 Å². The number of hydrogen-bond donors (Lipinski definition) is 3. The molecule has 2 saturated carbocycles. The van der Waals surface area contributed by atoms with Crippen molar-refractivity contribution in [3.8, 4) is 0 Å². The van der Waals surface area contributed by atoms with Gasteiger partial charge in [-0.1, -0.05) is 0 Å². The zero-order valence-corrected chi connectivity index (χ0v) is 6.28. The van der Waals surface area contributed by atoms with Gasteiger partial charge in [-0.25, -0.2) is 0 Å². The molecule has 2 aliphatic carbocycles. The molecule has 0 heterocycles. The minimum Gasteiger partial charge on any atom is -0.481 e.